The molecule has 0 saturated heterocycles. The van der Waals surface area contributed by atoms with Crippen LogP contribution in [-0.4, -0.2) is 11.5 Å². The van der Waals surface area contributed by atoms with Gasteiger partial charge >= 0.3 is 0 Å². The smallest absolute Gasteiger partial charge is 0.216 e. The molecule has 21 heavy (non-hydrogen) atoms. The van der Waals surface area contributed by atoms with Crippen molar-refractivity contribution >= 4 is 23.3 Å². The van der Waals surface area contributed by atoms with Crippen LogP contribution < -0.4 is 5.43 Å². The van der Waals surface area contributed by atoms with Crippen molar-refractivity contribution in [3.05, 3.63) is 72.3 Å². The van der Waals surface area contributed by atoms with E-state index in [1.807, 2.05) is 48.5 Å². The number of hydrogen-bond acceptors (Lipinski definition) is 4. The molecule has 1 N–H and O–H groups in total. The lowest BCUT2D eigenvalue weighted by Crippen LogP contribution is -2.10. The molecule has 0 aromatic heterocycles. The fourth-order valence-corrected chi connectivity index (χ4v) is 1.58. The molecule has 0 fully saturated rings. The molecule has 4 heteroatoms. The van der Waals surface area contributed by atoms with E-state index in [1.165, 1.54) is 6.08 Å². The molecule has 2 rings (SSSR count). The monoisotopic (exact) mass is 275 g/mol. The summed E-state index contributed by atoms with van der Waals surface area (Å²) < 4.78 is 0. The second-order valence-electron chi connectivity index (χ2n) is 4.16. The van der Waals surface area contributed by atoms with Gasteiger partial charge in [-0.3, -0.25) is 10.2 Å². The van der Waals surface area contributed by atoms with Crippen molar-refractivity contribution in [1.29, 1.82) is 5.26 Å². The molecule has 0 bridgehead atoms. The summed E-state index contributed by atoms with van der Waals surface area (Å²) in [5, 5.41) is 12.8. The van der Waals surface area contributed by atoms with E-state index in [4.69, 9.17) is 5.26 Å². The standard InChI is InChI=1S/C17H13N3O/c18-13-16(20-19-15-9-5-2-6-10-15)17(21)12-11-14-7-3-1-4-8-14/h1-12,19H/b12-11+,20-16-. The van der Waals surface area contributed by atoms with Crippen LogP contribution >= 0.6 is 0 Å². The molecule has 4 nitrogen and oxygen atoms in total. The van der Waals surface area contributed by atoms with E-state index in [2.05, 4.69) is 10.5 Å². The van der Waals surface area contributed by atoms with Crippen molar-refractivity contribution in [1.82, 2.24) is 0 Å². The lowest BCUT2D eigenvalue weighted by molar-refractivity contribution is -0.108. The van der Waals surface area contributed by atoms with Gasteiger partial charge in [-0.05, 0) is 23.8 Å². The Morgan fingerprint density at radius 1 is 1.05 bits per heavy atom. The van der Waals surface area contributed by atoms with Crippen LogP contribution in [0.2, 0.25) is 0 Å². The average molecular weight is 275 g/mol. The molecule has 102 valence electrons. The molecule has 2 aromatic carbocycles. The van der Waals surface area contributed by atoms with Gasteiger partial charge in [0.2, 0.25) is 11.5 Å². The third kappa shape index (κ3) is 4.44. The van der Waals surface area contributed by atoms with E-state index in [0.717, 1.165) is 5.56 Å². The topological polar surface area (TPSA) is 65.2 Å². The summed E-state index contributed by atoms with van der Waals surface area (Å²) in [5.74, 6) is -0.440. The van der Waals surface area contributed by atoms with Crippen LogP contribution in [0.3, 0.4) is 0 Å². The van der Waals surface area contributed by atoms with Gasteiger partial charge in [0, 0.05) is 0 Å². The Bertz CT molecular complexity index is 698. The van der Waals surface area contributed by atoms with Crippen LogP contribution in [0.1, 0.15) is 5.56 Å². The van der Waals surface area contributed by atoms with E-state index in [-0.39, 0.29) is 5.71 Å². The van der Waals surface area contributed by atoms with Crippen molar-refractivity contribution in [2.24, 2.45) is 5.10 Å². The Morgan fingerprint density at radius 2 is 1.67 bits per heavy atom. The lowest BCUT2D eigenvalue weighted by Gasteiger charge is -1.99. The highest BCUT2D eigenvalue weighted by atomic mass is 16.1. The van der Waals surface area contributed by atoms with Gasteiger partial charge in [-0.2, -0.15) is 10.4 Å². The quantitative estimate of drug-likeness (QED) is 0.517. The van der Waals surface area contributed by atoms with Crippen LogP contribution in [0, 0.1) is 11.3 Å². The van der Waals surface area contributed by atoms with Gasteiger partial charge in [0.25, 0.3) is 0 Å². The van der Waals surface area contributed by atoms with Gasteiger partial charge in [-0.25, -0.2) is 0 Å². The van der Waals surface area contributed by atoms with Gasteiger partial charge in [0.15, 0.2) is 0 Å². The molecular formula is C17H13N3O. The van der Waals surface area contributed by atoms with Crippen LogP contribution in [0.5, 0.6) is 0 Å². The van der Waals surface area contributed by atoms with Crippen molar-refractivity contribution in [2.45, 2.75) is 0 Å². The van der Waals surface area contributed by atoms with Crippen molar-refractivity contribution in [3.8, 4) is 6.07 Å². The van der Waals surface area contributed by atoms with Gasteiger partial charge < -0.3 is 0 Å². The maximum atomic E-state index is 11.9. The first-order valence-electron chi connectivity index (χ1n) is 6.36. The normalized spacial score (nSPS) is 11.1. The van der Waals surface area contributed by atoms with Crippen LogP contribution in [0.15, 0.2) is 71.8 Å². The summed E-state index contributed by atoms with van der Waals surface area (Å²) in [7, 11) is 0. The summed E-state index contributed by atoms with van der Waals surface area (Å²) in [5.41, 5.74) is 4.10. The number of nitrogens with zero attached hydrogens (tertiary/aromatic N) is 2. The third-order valence-electron chi connectivity index (χ3n) is 2.64. The highest BCUT2D eigenvalue weighted by Gasteiger charge is 2.06. The van der Waals surface area contributed by atoms with Gasteiger partial charge in [0.1, 0.15) is 6.07 Å². The first-order chi connectivity index (χ1) is 10.3. The number of allylic oxidation sites excluding steroid dienone is 1. The van der Waals surface area contributed by atoms with E-state index in [0.29, 0.717) is 5.69 Å². The number of carbonyl (C=O) groups excluding carboxylic acids is 1. The third-order valence-corrected chi connectivity index (χ3v) is 2.64. The number of hydrazone groups is 1. The van der Waals surface area contributed by atoms with E-state index < -0.39 is 5.78 Å². The highest BCUT2D eigenvalue weighted by Crippen LogP contribution is 2.05. The fourth-order valence-electron chi connectivity index (χ4n) is 1.58. The Balaban J connectivity index is 2.05. The Hall–Kier alpha value is -3.19. The fraction of sp³-hybridized carbons (Fsp3) is 0. The molecule has 0 aliphatic carbocycles. The van der Waals surface area contributed by atoms with E-state index >= 15 is 0 Å². The largest absolute Gasteiger partial charge is 0.287 e. The molecular weight excluding hydrogens is 262 g/mol. The number of rotatable bonds is 5. The second kappa shape index (κ2) is 7.41. The van der Waals surface area contributed by atoms with Gasteiger partial charge in [-0.15, -0.1) is 0 Å². The Morgan fingerprint density at radius 3 is 2.29 bits per heavy atom. The minimum absolute atomic E-state index is 0.189. The summed E-state index contributed by atoms with van der Waals surface area (Å²) >= 11 is 0. The number of nitriles is 1. The van der Waals surface area contributed by atoms with E-state index in [9.17, 15) is 4.79 Å². The number of benzene rings is 2. The number of hydrogen-bond donors (Lipinski definition) is 1. The number of carbonyl (C=O) groups is 1. The molecule has 0 amide bonds. The van der Waals surface area contributed by atoms with Crippen molar-refractivity contribution in [2.75, 3.05) is 5.43 Å². The molecule has 0 saturated carbocycles. The molecule has 0 aliphatic rings. The van der Waals surface area contributed by atoms with Crippen molar-refractivity contribution in [3.63, 3.8) is 0 Å². The molecule has 0 heterocycles. The maximum Gasteiger partial charge on any atom is 0.216 e. The summed E-state index contributed by atoms with van der Waals surface area (Å²) in [6.07, 6.45) is 2.99. The molecule has 0 aliphatic heterocycles. The lowest BCUT2D eigenvalue weighted by atomic mass is 10.1. The predicted octanol–water partition coefficient (Wildman–Crippen LogP) is 3.26. The first-order valence-corrected chi connectivity index (χ1v) is 6.36. The predicted molar refractivity (Wildman–Crippen MR) is 83.6 cm³/mol. The molecule has 0 spiro atoms. The maximum absolute atomic E-state index is 11.9. The SMILES string of the molecule is N#C/C(=N/Nc1ccccc1)C(=O)/C=C/c1ccccc1. The molecule has 0 radical (unpaired) electrons. The molecule has 2 aromatic rings. The van der Waals surface area contributed by atoms with Crippen LogP contribution in [-0.2, 0) is 4.79 Å². The minimum atomic E-state index is -0.440. The first kappa shape index (κ1) is 14.2. The van der Waals surface area contributed by atoms with Crippen molar-refractivity contribution < 1.29 is 4.79 Å². The number of anilines is 1. The van der Waals surface area contributed by atoms with Gasteiger partial charge in [0.05, 0.1) is 5.69 Å². The summed E-state index contributed by atoms with van der Waals surface area (Å²) in [4.78, 5) is 11.9. The zero-order chi connectivity index (χ0) is 14.9. The number of nitrogens with one attached hydrogen (secondary N) is 1. The molecule has 0 atom stereocenters. The summed E-state index contributed by atoms with van der Waals surface area (Å²) in [6, 6.07) is 20.3. The van der Waals surface area contributed by atoms with Gasteiger partial charge in [-0.1, -0.05) is 54.6 Å². The zero-order valence-electron chi connectivity index (χ0n) is 11.2. The number of para-hydroxylation sites is 1. The number of ketones is 1. The van der Waals surface area contributed by atoms with E-state index in [1.54, 1.807) is 24.3 Å². The van der Waals surface area contributed by atoms with Crippen LogP contribution in [0.25, 0.3) is 6.08 Å². The second-order valence-corrected chi connectivity index (χ2v) is 4.16. The minimum Gasteiger partial charge on any atom is -0.287 e. The highest BCUT2D eigenvalue weighted by molar-refractivity contribution is 6.50. The average Bonchev–Trinajstić information content (AvgIpc) is 2.55. The Kier molecular flexibility index (Phi) is 5.02. The Labute approximate surface area is 123 Å². The molecule has 0 unspecified atom stereocenters. The zero-order valence-corrected chi connectivity index (χ0v) is 11.2. The summed E-state index contributed by atoms with van der Waals surface area (Å²) in [6.45, 7) is 0. The van der Waals surface area contributed by atoms with Crippen LogP contribution in [0.4, 0.5) is 5.69 Å².